The fourth-order valence-electron chi connectivity index (χ4n) is 3.58. The Balaban J connectivity index is 1.52. The molecule has 3 N–H and O–H groups in total. The van der Waals surface area contributed by atoms with E-state index in [-0.39, 0.29) is 11.9 Å². The number of para-hydroxylation sites is 1. The molecule has 3 aromatic rings. The molecular weight excluding hydrogens is 410 g/mol. The summed E-state index contributed by atoms with van der Waals surface area (Å²) in [5.74, 6) is -0.0433. The van der Waals surface area contributed by atoms with Gasteiger partial charge in [-0.2, -0.15) is 0 Å². The van der Waals surface area contributed by atoms with Gasteiger partial charge < -0.3 is 10.6 Å². The Kier molecular flexibility index (Phi) is 7.65. The average molecular weight is 440 g/mol. The summed E-state index contributed by atoms with van der Waals surface area (Å²) in [6.07, 6.45) is 3.11. The van der Waals surface area contributed by atoms with Gasteiger partial charge in [-0.05, 0) is 54.3 Å². The van der Waals surface area contributed by atoms with E-state index in [0.29, 0.717) is 31.5 Å². The molecule has 3 rings (SSSR count). The van der Waals surface area contributed by atoms with Crippen molar-refractivity contribution in [3.05, 3.63) is 77.9 Å². The van der Waals surface area contributed by atoms with Crippen LogP contribution in [0.15, 0.2) is 66.7 Å². The zero-order chi connectivity index (χ0) is 22.3. The number of rotatable bonds is 10. The topological polar surface area (TPSA) is 87.3 Å². The highest BCUT2D eigenvalue weighted by Gasteiger charge is 2.16. The van der Waals surface area contributed by atoms with E-state index in [1.807, 2.05) is 24.3 Å². The van der Waals surface area contributed by atoms with Gasteiger partial charge in [-0.1, -0.05) is 60.7 Å². The summed E-state index contributed by atoms with van der Waals surface area (Å²) >= 11 is 0. The van der Waals surface area contributed by atoms with Crippen molar-refractivity contribution in [3.63, 3.8) is 0 Å². The molecule has 0 saturated heterocycles. The van der Waals surface area contributed by atoms with Crippen LogP contribution in [0.4, 0.5) is 5.69 Å². The summed E-state index contributed by atoms with van der Waals surface area (Å²) in [5.41, 5.74) is 2.60. The van der Waals surface area contributed by atoms with Gasteiger partial charge in [0.05, 0.1) is 18.0 Å². The molecule has 31 heavy (non-hydrogen) atoms. The number of amides is 1. The maximum absolute atomic E-state index is 12.6. The van der Waals surface area contributed by atoms with Crippen LogP contribution in [0.2, 0.25) is 0 Å². The molecule has 0 aliphatic rings. The summed E-state index contributed by atoms with van der Waals surface area (Å²) in [7, 11) is -1.54. The predicted octanol–water partition coefficient (Wildman–Crippen LogP) is 3.09. The quantitative estimate of drug-likeness (QED) is 0.424. The Bertz CT molecular complexity index is 1150. The molecule has 0 radical (unpaired) electrons. The van der Waals surface area contributed by atoms with E-state index in [4.69, 9.17) is 0 Å². The minimum absolute atomic E-state index is 0.0433. The molecule has 0 aromatic heterocycles. The fraction of sp³-hybridized carbons (Fsp3) is 0.292. The molecule has 3 aromatic carbocycles. The Morgan fingerprint density at radius 1 is 0.968 bits per heavy atom. The van der Waals surface area contributed by atoms with E-state index in [1.165, 1.54) is 5.39 Å². The number of benzene rings is 3. The molecule has 0 saturated carbocycles. The van der Waals surface area contributed by atoms with E-state index in [2.05, 4.69) is 45.7 Å². The number of nitrogens with one attached hydrogen (secondary N) is 3. The third-order valence-electron chi connectivity index (χ3n) is 5.15. The number of aryl methyl sites for hydroxylation is 1. The second kappa shape index (κ2) is 10.4. The molecule has 164 valence electrons. The highest BCUT2D eigenvalue weighted by atomic mass is 32.2. The van der Waals surface area contributed by atoms with Gasteiger partial charge in [0.15, 0.2) is 0 Å². The Hall–Kier alpha value is -2.90. The highest BCUT2D eigenvalue weighted by Crippen LogP contribution is 2.18. The summed E-state index contributed by atoms with van der Waals surface area (Å²) in [6, 6.07) is 21.4. The van der Waals surface area contributed by atoms with E-state index < -0.39 is 10.0 Å². The first kappa shape index (κ1) is 22.8. The molecule has 0 bridgehead atoms. The van der Waals surface area contributed by atoms with Crippen molar-refractivity contribution < 1.29 is 13.2 Å². The Morgan fingerprint density at radius 2 is 1.68 bits per heavy atom. The molecule has 0 spiro atoms. The standard InChI is InChI=1S/C24H29N3O3S/c1-25-23(17-18-13-14-19-8-3-4-10-21(19)16-18)24(28)26-15-7-11-20-9-5-6-12-22(20)27-31(2,29)30/h3-6,8-10,12-14,16,23,25,27H,7,11,15,17H2,1-2H3,(H,26,28)/t23-/m1/s1. The van der Waals surface area contributed by atoms with Gasteiger partial charge in [-0.3, -0.25) is 9.52 Å². The number of carbonyl (C=O) groups is 1. The van der Waals surface area contributed by atoms with Crippen molar-refractivity contribution in [1.82, 2.24) is 10.6 Å². The van der Waals surface area contributed by atoms with Crippen molar-refractivity contribution in [2.24, 2.45) is 0 Å². The minimum Gasteiger partial charge on any atom is -0.355 e. The van der Waals surface area contributed by atoms with Crippen LogP contribution in [-0.2, 0) is 27.7 Å². The lowest BCUT2D eigenvalue weighted by molar-refractivity contribution is -0.123. The second-order valence-corrected chi connectivity index (χ2v) is 9.40. The number of hydrogen-bond donors (Lipinski definition) is 3. The first-order valence-electron chi connectivity index (χ1n) is 10.3. The van der Waals surface area contributed by atoms with Crippen LogP contribution >= 0.6 is 0 Å². The van der Waals surface area contributed by atoms with E-state index in [0.717, 1.165) is 22.8 Å². The van der Waals surface area contributed by atoms with Gasteiger partial charge in [0.2, 0.25) is 15.9 Å². The minimum atomic E-state index is -3.33. The number of carbonyl (C=O) groups excluding carboxylic acids is 1. The lowest BCUT2D eigenvalue weighted by Crippen LogP contribution is -2.44. The predicted molar refractivity (Wildman–Crippen MR) is 127 cm³/mol. The molecule has 7 heteroatoms. The number of sulfonamides is 1. The number of anilines is 1. The maximum Gasteiger partial charge on any atom is 0.237 e. The molecule has 0 aliphatic carbocycles. The van der Waals surface area contributed by atoms with Crippen LogP contribution in [0.3, 0.4) is 0 Å². The fourth-order valence-corrected chi connectivity index (χ4v) is 4.18. The Morgan fingerprint density at radius 3 is 2.42 bits per heavy atom. The lowest BCUT2D eigenvalue weighted by Gasteiger charge is -2.17. The van der Waals surface area contributed by atoms with E-state index in [1.54, 1.807) is 19.2 Å². The Labute approximate surface area is 184 Å². The van der Waals surface area contributed by atoms with Crippen LogP contribution in [0.1, 0.15) is 17.5 Å². The molecule has 1 amide bonds. The number of hydrogen-bond acceptors (Lipinski definition) is 4. The first-order valence-corrected chi connectivity index (χ1v) is 12.2. The van der Waals surface area contributed by atoms with Gasteiger partial charge in [-0.15, -0.1) is 0 Å². The van der Waals surface area contributed by atoms with Crippen molar-refractivity contribution in [3.8, 4) is 0 Å². The van der Waals surface area contributed by atoms with Gasteiger partial charge in [0.25, 0.3) is 0 Å². The summed E-state index contributed by atoms with van der Waals surface area (Å²) < 4.78 is 25.6. The molecular formula is C24H29N3O3S. The molecule has 0 heterocycles. The lowest BCUT2D eigenvalue weighted by atomic mass is 10.0. The largest absolute Gasteiger partial charge is 0.355 e. The third kappa shape index (κ3) is 6.80. The molecule has 0 fully saturated rings. The van der Waals surface area contributed by atoms with Crippen LogP contribution in [0.25, 0.3) is 10.8 Å². The molecule has 1 atom stereocenters. The SMILES string of the molecule is CN[C@H](Cc1ccc2ccccc2c1)C(=O)NCCCc1ccccc1NS(C)(=O)=O. The highest BCUT2D eigenvalue weighted by molar-refractivity contribution is 7.92. The zero-order valence-corrected chi connectivity index (χ0v) is 18.7. The van der Waals surface area contributed by atoms with Crippen molar-refractivity contribution >= 4 is 32.4 Å². The van der Waals surface area contributed by atoms with Gasteiger partial charge in [0.1, 0.15) is 0 Å². The molecule has 0 unspecified atom stereocenters. The average Bonchev–Trinajstić information content (AvgIpc) is 2.74. The van der Waals surface area contributed by atoms with Gasteiger partial charge in [-0.25, -0.2) is 8.42 Å². The van der Waals surface area contributed by atoms with Crippen molar-refractivity contribution in [2.45, 2.75) is 25.3 Å². The van der Waals surface area contributed by atoms with Gasteiger partial charge in [0, 0.05) is 6.54 Å². The van der Waals surface area contributed by atoms with Crippen molar-refractivity contribution in [2.75, 3.05) is 24.6 Å². The zero-order valence-electron chi connectivity index (χ0n) is 17.9. The second-order valence-electron chi connectivity index (χ2n) is 7.65. The number of fused-ring (bicyclic) bond motifs is 1. The van der Waals surface area contributed by atoms with Crippen LogP contribution in [-0.4, -0.2) is 40.2 Å². The first-order chi connectivity index (χ1) is 14.9. The normalized spacial score (nSPS) is 12.5. The van der Waals surface area contributed by atoms with Crippen LogP contribution < -0.4 is 15.4 Å². The van der Waals surface area contributed by atoms with Crippen molar-refractivity contribution in [1.29, 1.82) is 0 Å². The summed E-state index contributed by atoms with van der Waals surface area (Å²) in [5, 5.41) is 8.44. The third-order valence-corrected chi connectivity index (χ3v) is 5.74. The number of likely N-dealkylation sites (N-methyl/N-ethyl adjacent to an activating group) is 1. The summed E-state index contributed by atoms with van der Waals surface area (Å²) in [6.45, 7) is 0.516. The monoisotopic (exact) mass is 439 g/mol. The van der Waals surface area contributed by atoms with Crippen LogP contribution in [0, 0.1) is 0 Å². The maximum atomic E-state index is 12.6. The van der Waals surface area contributed by atoms with E-state index >= 15 is 0 Å². The molecule has 6 nitrogen and oxygen atoms in total. The van der Waals surface area contributed by atoms with Gasteiger partial charge >= 0.3 is 0 Å². The summed E-state index contributed by atoms with van der Waals surface area (Å²) in [4.78, 5) is 12.6. The molecule has 0 aliphatic heterocycles. The van der Waals surface area contributed by atoms with E-state index in [9.17, 15) is 13.2 Å². The smallest absolute Gasteiger partial charge is 0.237 e. The van der Waals surface area contributed by atoms with Crippen LogP contribution in [0.5, 0.6) is 0 Å².